The molecule has 1 saturated heterocycles. The van der Waals surface area contributed by atoms with Gasteiger partial charge in [0.1, 0.15) is 0 Å². The van der Waals surface area contributed by atoms with Crippen LogP contribution < -0.4 is 5.32 Å². The number of carbonyl (C=O) groups is 1. The summed E-state index contributed by atoms with van der Waals surface area (Å²) < 4.78 is 0. The Balaban J connectivity index is 1.91. The standard InChI is InChI=1S/C25H48N2O/c1-10-13-25(8)15-20(14-23(5,6)27(25)9)26-22(28)17-24(7)16-21(24)19(4)12-11-18(2)3/h18-21H,10-17H2,1-9H3,(H,26,28). The first-order chi connectivity index (χ1) is 12.8. The second-order valence-electron chi connectivity index (χ2n) is 11.9. The lowest BCUT2D eigenvalue weighted by molar-refractivity contribution is -0.124. The SMILES string of the molecule is CCCC1(C)CC(NC(=O)CC2(C)CC2C(C)CCC(C)C)CC(C)(C)N1C. The van der Waals surface area contributed by atoms with Gasteiger partial charge in [0.05, 0.1) is 0 Å². The number of likely N-dealkylation sites (tertiary alicyclic amines) is 1. The van der Waals surface area contributed by atoms with Gasteiger partial charge in [0.25, 0.3) is 0 Å². The molecule has 5 atom stereocenters. The molecule has 2 aliphatic rings. The van der Waals surface area contributed by atoms with Gasteiger partial charge in [0.2, 0.25) is 5.91 Å². The minimum atomic E-state index is 0.123. The molecule has 28 heavy (non-hydrogen) atoms. The maximum Gasteiger partial charge on any atom is 0.220 e. The monoisotopic (exact) mass is 392 g/mol. The molecule has 2 rings (SSSR count). The summed E-state index contributed by atoms with van der Waals surface area (Å²) >= 11 is 0. The van der Waals surface area contributed by atoms with Gasteiger partial charge >= 0.3 is 0 Å². The molecule has 1 saturated carbocycles. The number of piperidine rings is 1. The Hall–Kier alpha value is -0.570. The maximum atomic E-state index is 12.9. The van der Waals surface area contributed by atoms with Gasteiger partial charge in [-0.1, -0.05) is 53.9 Å². The molecular weight excluding hydrogens is 344 g/mol. The van der Waals surface area contributed by atoms with Crippen LogP contribution in [0, 0.1) is 23.2 Å². The van der Waals surface area contributed by atoms with Crippen molar-refractivity contribution in [3.05, 3.63) is 0 Å². The fourth-order valence-electron chi connectivity index (χ4n) is 6.10. The van der Waals surface area contributed by atoms with E-state index in [4.69, 9.17) is 0 Å². The van der Waals surface area contributed by atoms with Crippen LogP contribution in [0.4, 0.5) is 0 Å². The molecule has 1 N–H and O–H groups in total. The van der Waals surface area contributed by atoms with Crippen LogP contribution in [0.1, 0.15) is 107 Å². The molecule has 3 heteroatoms. The molecule has 0 bridgehead atoms. The third kappa shape index (κ3) is 5.52. The third-order valence-electron chi connectivity index (χ3n) is 8.18. The predicted molar refractivity (Wildman–Crippen MR) is 120 cm³/mol. The van der Waals surface area contributed by atoms with Crippen molar-refractivity contribution in [3.8, 4) is 0 Å². The Morgan fingerprint density at radius 3 is 2.29 bits per heavy atom. The third-order valence-corrected chi connectivity index (χ3v) is 8.18. The predicted octanol–water partition coefficient (Wildman–Crippen LogP) is 6.02. The van der Waals surface area contributed by atoms with Crippen molar-refractivity contribution in [2.45, 2.75) is 124 Å². The molecule has 2 fully saturated rings. The lowest BCUT2D eigenvalue weighted by Gasteiger charge is -2.55. The Labute approximate surface area is 175 Å². The van der Waals surface area contributed by atoms with Crippen LogP contribution in [0.5, 0.6) is 0 Å². The van der Waals surface area contributed by atoms with Crippen molar-refractivity contribution in [1.29, 1.82) is 0 Å². The summed E-state index contributed by atoms with van der Waals surface area (Å²) in [5, 5.41) is 3.45. The quantitative estimate of drug-likeness (QED) is 0.520. The maximum absolute atomic E-state index is 12.9. The van der Waals surface area contributed by atoms with Crippen LogP contribution in [0.25, 0.3) is 0 Å². The Morgan fingerprint density at radius 2 is 1.71 bits per heavy atom. The molecule has 1 aliphatic heterocycles. The second kappa shape index (κ2) is 8.66. The summed E-state index contributed by atoms with van der Waals surface area (Å²) in [6, 6.07) is 0.300. The molecule has 0 aromatic rings. The zero-order chi connectivity index (χ0) is 21.3. The van der Waals surface area contributed by atoms with E-state index in [0.29, 0.717) is 12.5 Å². The van der Waals surface area contributed by atoms with E-state index < -0.39 is 0 Å². The zero-order valence-corrected chi connectivity index (χ0v) is 20.3. The van der Waals surface area contributed by atoms with Crippen LogP contribution in [0.3, 0.4) is 0 Å². The van der Waals surface area contributed by atoms with E-state index in [0.717, 1.165) is 30.6 Å². The van der Waals surface area contributed by atoms with E-state index in [2.05, 4.69) is 72.7 Å². The van der Waals surface area contributed by atoms with Gasteiger partial charge in [0.15, 0.2) is 0 Å². The smallest absolute Gasteiger partial charge is 0.220 e. The van der Waals surface area contributed by atoms with Gasteiger partial charge in [0, 0.05) is 23.5 Å². The number of nitrogens with zero attached hydrogens (tertiary/aromatic N) is 1. The fourth-order valence-corrected chi connectivity index (χ4v) is 6.10. The van der Waals surface area contributed by atoms with E-state index in [1.807, 2.05) is 0 Å². The van der Waals surface area contributed by atoms with Crippen molar-refractivity contribution in [1.82, 2.24) is 10.2 Å². The molecule has 0 aromatic heterocycles. The Morgan fingerprint density at radius 1 is 1.07 bits per heavy atom. The van der Waals surface area contributed by atoms with Gasteiger partial charge in [-0.3, -0.25) is 9.69 Å². The molecule has 0 radical (unpaired) electrons. The molecule has 0 spiro atoms. The van der Waals surface area contributed by atoms with E-state index in [9.17, 15) is 4.79 Å². The largest absolute Gasteiger partial charge is 0.353 e. The Bertz CT molecular complexity index is 543. The number of amides is 1. The van der Waals surface area contributed by atoms with Gasteiger partial charge in [-0.25, -0.2) is 0 Å². The van der Waals surface area contributed by atoms with Gasteiger partial charge in [-0.15, -0.1) is 0 Å². The van der Waals surface area contributed by atoms with Gasteiger partial charge < -0.3 is 5.32 Å². The van der Waals surface area contributed by atoms with Crippen LogP contribution >= 0.6 is 0 Å². The van der Waals surface area contributed by atoms with E-state index in [1.165, 1.54) is 32.1 Å². The van der Waals surface area contributed by atoms with Crippen LogP contribution in [-0.4, -0.2) is 35.0 Å². The molecule has 0 aromatic carbocycles. The zero-order valence-electron chi connectivity index (χ0n) is 20.3. The average Bonchev–Trinajstić information content (AvgIpc) is 3.21. The lowest BCUT2D eigenvalue weighted by Crippen LogP contribution is -2.63. The molecular formula is C25H48N2O. The molecule has 1 heterocycles. The van der Waals surface area contributed by atoms with Crippen molar-refractivity contribution < 1.29 is 4.79 Å². The number of carbonyl (C=O) groups excluding carboxylic acids is 1. The summed E-state index contributed by atoms with van der Waals surface area (Å²) in [5.74, 6) is 2.54. The first-order valence-electron chi connectivity index (χ1n) is 11.9. The molecule has 1 amide bonds. The van der Waals surface area contributed by atoms with Crippen molar-refractivity contribution >= 4 is 5.91 Å². The summed E-state index contributed by atoms with van der Waals surface area (Å²) in [6.07, 6.45) is 9.03. The number of nitrogens with one attached hydrogen (secondary N) is 1. The minimum Gasteiger partial charge on any atom is -0.353 e. The lowest BCUT2D eigenvalue weighted by atomic mass is 9.74. The topological polar surface area (TPSA) is 32.3 Å². The first kappa shape index (κ1) is 23.7. The molecule has 5 unspecified atom stereocenters. The number of hydrogen-bond donors (Lipinski definition) is 1. The Kier molecular flexibility index (Phi) is 7.33. The van der Waals surface area contributed by atoms with Crippen molar-refractivity contribution in [3.63, 3.8) is 0 Å². The average molecular weight is 393 g/mol. The number of rotatable bonds is 9. The van der Waals surface area contributed by atoms with Gasteiger partial charge in [-0.2, -0.15) is 0 Å². The van der Waals surface area contributed by atoms with Crippen LogP contribution in [-0.2, 0) is 4.79 Å². The van der Waals surface area contributed by atoms with E-state index in [-0.39, 0.29) is 22.4 Å². The molecule has 1 aliphatic carbocycles. The highest BCUT2D eigenvalue weighted by Gasteiger charge is 2.53. The fraction of sp³-hybridized carbons (Fsp3) is 0.960. The van der Waals surface area contributed by atoms with Crippen LogP contribution in [0.15, 0.2) is 0 Å². The number of hydrogen-bond acceptors (Lipinski definition) is 2. The highest BCUT2D eigenvalue weighted by atomic mass is 16.1. The normalized spacial score (nSPS) is 36.4. The summed E-state index contributed by atoms with van der Waals surface area (Å²) in [7, 11) is 2.27. The minimum absolute atomic E-state index is 0.123. The first-order valence-corrected chi connectivity index (χ1v) is 11.9. The van der Waals surface area contributed by atoms with E-state index in [1.54, 1.807) is 0 Å². The highest BCUT2D eigenvalue weighted by molar-refractivity contribution is 5.77. The summed E-state index contributed by atoms with van der Waals surface area (Å²) in [4.78, 5) is 15.5. The van der Waals surface area contributed by atoms with Crippen molar-refractivity contribution in [2.75, 3.05) is 7.05 Å². The van der Waals surface area contributed by atoms with Gasteiger partial charge in [-0.05, 0) is 76.7 Å². The van der Waals surface area contributed by atoms with Crippen LogP contribution in [0.2, 0.25) is 0 Å². The summed E-state index contributed by atoms with van der Waals surface area (Å²) in [5.41, 5.74) is 0.525. The summed E-state index contributed by atoms with van der Waals surface area (Å²) in [6.45, 7) is 18.6. The molecule has 164 valence electrons. The van der Waals surface area contributed by atoms with Crippen molar-refractivity contribution in [2.24, 2.45) is 23.2 Å². The highest BCUT2D eigenvalue weighted by Crippen LogP contribution is 2.59. The molecule has 3 nitrogen and oxygen atoms in total. The second-order valence-corrected chi connectivity index (χ2v) is 11.9. The van der Waals surface area contributed by atoms with E-state index >= 15 is 0 Å².